The van der Waals surface area contributed by atoms with Gasteiger partial charge in [-0.2, -0.15) is 0 Å². The van der Waals surface area contributed by atoms with Gasteiger partial charge >= 0.3 is 0 Å². The van der Waals surface area contributed by atoms with Crippen LogP contribution in [0.25, 0.3) is 0 Å². The molecule has 1 amide bonds. The monoisotopic (exact) mass is 403 g/mol. The Hall–Kier alpha value is -1.69. The third-order valence-corrected chi connectivity index (χ3v) is 6.13. The van der Waals surface area contributed by atoms with Crippen LogP contribution in [0.5, 0.6) is 0 Å². The van der Waals surface area contributed by atoms with Crippen LogP contribution in [0.4, 0.5) is 5.69 Å². The molecule has 1 aliphatic rings. The first kappa shape index (κ1) is 20.1. The highest BCUT2D eigenvalue weighted by Gasteiger charge is 2.15. The number of likely N-dealkylation sites (N-methyl/N-ethyl adjacent to an activating group) is 1. The molecule has 2 aromatic rings. The number of carbonyl (C=O) groups excluding carboxylic acids is 1. The van der Waals surface area contributed by atoms with Gasteiger partial charge in [0.2, 0.25) is 5.91 Å². The van der Waals surface area contributed by atoms with Gasteiger partial charge in [-0.25, -0.2) is 0 Å². The molecule has 0 aromatic heterocycles. The van der Waals surface area contributed by atoms with E-state index < -0.39 is 0 Å². The lowest BCUT2D eigenvalue weighted by atomic mass is 10.1. The molecule has 0 aliphatic carbocycles. The maximum absolute atomic E-state index is 12.4. The number of hydrogen-bond donors (Lipinski definition) is 1. The van der Waals surface area contributed by atoms with E-state index in [0.717, 1.165) is 36.6 Å². The number of rotatable bonds is 6. The predicted molar refractivity (Wildman–Crippen MR) is 115 cm³/mol. The molecule has 1 fully saturated rings. The van der Waals surface area contributed by atoms with Gasteiger partial charge in [-0.05, 0) is 55.9 Å². The summed E-state index contributed by atoms with van der Waals surface area (Å²) in [5.41, 5.74) is 2.37. The summed E-state index contributed by atoms with van der Waals surface area (Å²) >= 11 is 7.44. The largest absolute Gasteiger partial charge is 0.369 e. The van der Waals surface area contributed by atoms with Crippen molar-refractivity contribution in [1.82, 2.24) is 10.2 Å². The minimum Gasteiger partial charge on any atom is -0.369 e. The van der Waals surface area contributed by atoms with Crippen LogP contribution in [0.1, 0.15) is 12.5 Å². The third kappa shape index (κ3) is 5.89. The van der Waals surface area contributed by atoms with E-state index in [1.54, 1.807) is 0 Å². The molecule has 27 heavy (non-hydrogen) atoms. The van der Waals surface area contributed by atoms with Crippen molar-refractivity contribution in [2.45, 2.75) is 23.6 Å². The van der Waals surface area contributed by atoms with Crippen LogP contribution in [0, 0.1) is 0 Å². The first-order chi connectivity index (χ1) is 13.0. The van der Waals surface area contributed by atoms with Crippen molar-refractivity contribution in [3.63, 3.8) is 0 Å². The first-order valence-corrected chi connectivity index (χ1v) is 10.5. The van der Waals surface area contributed by atoms with Gasteiger partial charge in [0.05, 0.1) is 5.25 Å². The molecule has 0 bridgehead atoms. The quantitative estimate of drug-likeness (QED) is 0.742. The van der Waals surface area contributed by atoms with Crippen molar-refractivity contribution in [1.29, 1.82) is 0 Å². The molecule has 1 saturated heterocycles. The van der Waals surface area contributed by atoms with Gasteiger partial charge in [-0.3, -0.25) is 4.79 Å². The highest BCUT2D eigenvalue weighted by molar-refractivity contribution is 8.00. The molecule has 1 aliphatic heterocycles. The molecule has 0 radical (unpaired) electrons. The summed E-state index contributed by atoms with van der Waals surface area (Å²) in [5, 5.41) is 3.58. The molecule has 0 saturated carbocycles. The maximum Gasteiger partial charge on any atom is 0.233 e. The predicted octanol–water partition coefficient (Wildman–Crippen LogP) is 3.89. The van der Waals surface area contributed by atoms with Crippen molar-refractivity contribution in [2.75, 3.05) is 38.1 Å². The number of nitrogens with zero attached hydrogens (tertiary/aromatic N) is 2. The molecule has 2 aromatic carbocycles. The Morgan fingerprint density at radius 3 is 2.33 bits per heavy atom. The van der Waals surface area contributed by atoms with Gasteiger partial charge in [0.15, 0.2) is 0 Å². The molecule has 1 atom stereocenters. The Labute approximate surface area is 170 Å². The lowest BCUT2D eigenvalue weighted by Gasteiger charge is -2.34. The SMILES string of the molecule is C[C@@H](Sc1ccc(Cl)cc1)C(=O)NCc1ccc(N2CCN(C)CC2)cc1. The Morgan fingerprint density at radius 1 is 1.07 bits per heavy atom. The second-order valence-electron chi connectivity index (χ2n) is 6.89. The first-order valence-electron chi connectivity index (χ1n) is 9.23. The highest BCUT2D eigenvalue weighted by atomic mass is 35.5. The van der Waals surface area contributed by atoms with Gasteiger partial charge in [-0.1, -0.05) is 23.7 Å². The maximum atomic E-state index is 12.4. The summed E-state index contributed by atoms with van der Waals surface area (Å²) in [6, 6.07) is 16.1. The number of benzene rings is 2. The minimum absolute atomic E-state index is 0.0399. The third-order valence-electron chi connectivity index (χ3n) is 4.77. The fourth-order valence-electron chi connectivity index (χ4n) is 2.99. The Bertz CT molecular complexity index is 743. The Morgan fingerprint density at radius 2 is 1.70 bits per heavy atom. The number of hydrogen-bond acceptors (Lipinski definition) is 4. The number of piperazine rings is 1. The Kier molecular flexibility index (Phi) is 7.05. The fourth-order valence-corrected chi connectivity index (χ4v) is 4.01. The van der Waals surface area contributed by atoms with Crippen molar-refractivity contribution in [3.05, 3.63) is 59.1 Å². The smallest absolute Gasteiger partial charge is 0.233 e. The minimum atomic E-state index is -0.157. The van der Waals surface area contributed by atoms with E-state index in [4.69, 9.17) is 11.6 Å². The van der Waals surface area contributed by atoms with E-state index in [0.29, 0.717) is 11.6 Å². The molecular weight excluding hydrogens is 378 g/mol. The number of nitrogens with one attached hydrogen (secondary N) is 1. The second kappa shape index (κ2) is 9.49. The van der Waals surface area contributed by atoms with Crippen molar-refractivity contribution in [3.8, 4) is 0 Å². The summed E-state index contributed by atoms with van der Waals surface area (Å²) in [5.74, 6) is 0.0399. The topological polar surface area (TPSA) is 35.6 Å². The molecule has 1 N–H and O–H groups in total. The van der Waals surface area contributed by atoms with E-state index in [-0.39, 0.29) is 11.2 Å². The zero-order valence-electron chi connectivity index (χ0n) is 15.8. The van der Waals surface area contributed by atoms with Crippen LogP contribution >= 0.6 is 23.4 Å². The molecule has 3 rings (SSSR count). The fraction of sp³-hybridized carbons (Fsp3) is 0.381. The van der Waals surface area contributed by atoms with Gasteiger partial charge in [0.25, 0.3) is 0 Å². The Balaban J connectivity index is 1.47. The summed E-state index contributed by atoms with van der Waals surface area (Å²) in [7, 11) is 2.16. The van der Waals surface area contributed by atoms with E-state index >= 15 is 0 Å². The molecule has 144 valence electrons. The van der Waals surface area contributed by atoms with E-state index in [1.807, 2.05) is 31.2 Å². The van der Waals surface area contributed by atoms with Gasteiger partial charge in [-0.15, -0.1) is 11.8 Å². The number of carbonyl (C=O) groups is 1. The lowest BCUT2D eigenvalue weighted by molar-refractivity contribution is -0.120. The highest BCUT2D eigenvalue weighted by Crippen LogP contribution is 2.25. The van der Waals surface area contributed by atoms with Gasteiger partial charge < -0.3 is 15.1 Å². The zero-order valence-corrected chi connectivity index (χ0v) is 17.4. The number of thioether (sulfide) groups is 1. The summed E-state index contributed by atoms with van der Waals surface area (Å²) < 4.78 is 0. The van der Waals surface area contributed by atoms with Crippen molar-refractivity contribution < 1.29 is 4.79 Å². The van der Waals surface area contributed by atoms with E-state index in [2.05, 4.69) is 46.4 Å². The summed E-state index contributed by atoms with van der Waals surface area (Å²) in [6.45, 7) is 6.79. The van der Waals surface area contributed by atoms with Gasteiger partial charge in [0.1, 0.15) is 0 Å². The molecule has 6 heteroatoms. The van der Waals surface area contributed by atoms with Crippen molar-refractivity contribution in [2.24, 2.45) is 0 Å². The normalized spacial score (nSPS) is 16.2. The van der Waals surface area contributed by atoms with Crippen molar-refractivity contribution >= 4 is 35.0 Å². The van der Waals surface area contributed by atoms with Crippen LogP contribution in [0.15, 0.2) is 53.4 Å². The van der Waals surface area contributed by atoms with Crippen LogP contribution in [0.3, 0.4) is 0 Å². The number of halogens is 1. The lowest BCUT2D eigenvalue weighted by Crippen LogP contribution is -2.44. The summed E-state index contributed by atoms with van der Waals surface area (Å²) in [6.07, 6.45) is 0. The molecule has 1 heterocycles. The standard InChI is InChI=1S/C21H26ClN3OS/c1-16(27-20-9-5-18(22)6-10-20)21(26)23-15-17-3-7-19(8-4-17)25-13-11-24(2)12-14-25/h3-10,16H,11-15H2,1-2H3,(H,23,26)/t16-/m1/s1. The van der Waals surface area contributed by atoms with Crippen LogP contribution in [-0.2, 0) is 11.3 Å². The summed E-state index contributed by atoms with van der Waals surface area (Å²) in [4.78, 5) is 18.2. The second-order valence-corrected chi connectivity index (χ2v) is 8.74. The van der Waals surface area contributed by atoms with Crippen LogP contribution in [-0.4, -0.2) is 49.3 Å². The van der Waals surface area contributed by atoms with Crippen LogP contribution in [0.2, 0.25) is 5.02 Å². The molecular formula is C21H26ClN3OS. The van der Waals surface area contributed by atoms with E-state index in [9.17, 15) is 4.79 Å². The number of anilines is 1. The molecule has 4 nitrogen and oxygen atoms in total. The molecule has 0 unspecified atom stereocenters. The molecule has 0 spiro atoms. The number of amides is 1. The zero-order chi connectivity index (χ0) is 19.2. The van der Waals surface area contributed by atoms with Crippen LogP contribution < -0.4 is 10.2 Å². The van der Waals surface area contributed by atoms with E-state index in [1.165, 1.54) is 17.4 Å². The average molecular weight is 404 g/mol. The van der Waals surface area contributed by atoms with Gasteiger partial charge in [0, 0.05) is 48.3 Å². The average Bonchev–Trinajstić information content (AvgIpc) is 2.69.